The minimum Gasteiger partial charge on any atom is -0.481 e. The topological polar surface area (TPSA) is 68.0 Å². The third kappa shape index (κ3) is 2.76. The Kier molecular flexibility index (Phi) is 3.63. The Morgan fingerprint density at radius 2 is 2.29 bits per heavy atom. The highest BCUT2D eigenvalue weighted by Crippen LogP contribution is 2.15. The molecule has 1 atom stereocenters. The van der Waals surface area contributed by atoms with Crippen molar-refractivity contribution >= 4 is 28.8 Å². The van der Waals surface area contributed by atoms with E-state index in [4.69, 9.17) is 5.11 Å². The van der Waals surface area contributed by atoms with Crippen molar-refractivity contribution in [2.75, 3.05) is 5.75 Å². The zero-order valence-corrected chi connectivity index (χ0v) is 10.2. The van der Waals surface area contributed by atoms with Crippen molar-refractivity contribution < 1.29 is 9.90 Å². The zero-order chi connectivity index (χ0) is 12.3. The summed E-state index contributed by atoms with van der Waals surface area (Å²) in [6.45, 7) is 1.70. The second kappa shape index (κ2) is 5.18. The standard InChI is InChI=1S/C11H13N3O2S/c1-8(11(15)16)6-17-7-14-10-5-3-2-4-9(10)12-13-14/h2-5,8H,6-7H2,1H3,(H,15,16). The molecule has 1 heterocycles. The van der Waals surface area contributed by atoms with Gasteiger partial charge in [0.05, 0.1) is 17.3 Å². The molecule has 17 heavy (non-hydrogen) atoms. The molecule has 0 saturated heterocycles. The minimum absolute atomic E-state index is 0.338. The quantitative estimate of drug-likeness (QED) is 0.878. The Hall–Kier alpha value is -1.56. The van der Waals surface area contributed by atoms with Gasteiger partial charge < -0.3 is 5.11 Å². The Morgan fingerprint density at radius 3 is 3.06 bits per heavy atom. The molecule has 5 nitrogen and oxygen atoms in total. The molecule has 1 unspecified atom stereocenters. The smallest absolute Gasteiger partial charge is 0.307 e. The molecule has 6 heteroatoms. The Morgan fingerprint density at radius 1 is 1.53 bits per heavy atom. The molecule has 90 valence electrons. The van der Waals surface area contributed by atoms with E-state index in [0.717, 1.165) is 11.0 Å². The van der Waals surface area contributed by atoms with Gasteiger partial charge in [0.15, 0.2) is 0 Å². The number of aliphatic carboxylic acids is 1. The molecule has 0 bridgehead atoms. The molecule has 2 aromatic rings. The maximum Gasteiger partial charge on any atom is 0.307 e. The number of benzene rings is 1. The largest absolute Gasteiger partial charge is 0.481 e. The first kappa shape index (κ1) is 11.9. The molecule has 1 aromatic carbocycles. The lowest BCUT2D eigenvalue weighted by molar-refractivity contribution is -0.140. The third-order valence-electron chi connectivity index (χ3n) is 2.42. The summed E-state index contributed by atoms with van der Waals surface area (Å²) in [5.74, 6) is 0.0949. The molecule has 0 aliphatic carbocycles. The van der Waals surface area contributed by atoms with E-state index in [1.807, 2.05) is 24.3 Å². The van der Waals surface area contributed by atoms with Gasteiger partial charge in [-0.2, -0.15) is 0 Å². The van der Waals surface area contributed by atoms with Gasteiger partial charge in [0.25, 0.3) is 0 Å². The maximum absolute atomic E-state index is 10.7. The van der Waals surface area contributed by atoms with Crippen molar-refractivity contribution in [3.63, 3.8) is 0 Å². The van der Waals surface area contributed by atoms with E-state index in [9.17, 15) is 4.79 Å². The van der Waals surface area contributed by atoms with E-state index in [2.05, 4.69) is 10.3 Å². The molecule has 0 aliphatic heterocycles. The van der Waals surface area contributed by atoms with Crippen LogP contribution in [0.3, 0.4) is 0 Å². The van der Waals surface area contributed by atoms with Crippen molar-refractivity contribution in [2.45, 2.75) is 12.8 Å². The van der Waals surface area contributed by atoms with Crippen LogP contribution >= 0.6 is 11.8 Å². The van der Waals surface area contributed by atoms with Crippen LogP contribution in [0.15, 0.2) is 24.3 Å². The van der Waals surface area contributed by atoms with Crippen molar-refractivity contribution in [2.24, 2.45) is 5.92 Å². The number of carbonyl (C=O) groups is 1. The Labute approximate surface area is 103 Å². The van der Waals surface area contributed by atoms with E-state index in [0.29, 0.717) is 11.6 Å². The second-order valence-corrected chi connectivity index (χ2v) is 4.82. The molecule has 1 aromatic heterocycles. The SMILES string of the molecule is CC(CSCn1nnc2ccccc21)C(=O)O. The fraction of sp³-hybridized carbons (Fsp3) is 0.364. The molecule has 0 saturated carbocycles. The van der Waals surface area contributed by atoms with Gasteiger partial charge in [-0.25, -0.2) is 4.68 Å². The fourth-order valence-corrected chi connectivity index (χ4v) is 2.37. The van der Waals surface area contributed by atoms with Gasteiger partial charge in [-0.05, 0) is 12.1 Å². The molecular weight excluding hydrogens is 238 g/mol. The molecule has 0 aliphatic rings. The van der Waals surface area contributed by atoms with E-state index >= 15 is 0 Å². The second-order valence-electron chi connectivity index (χ2n) is 3.82. The molecule has 0 amide bonds. The molecular formula is C11H13N3O2S. The third-order valence-corrected chi connectivity index (χ3v) is 3.59. The lowest BCUT2D eigenvalue weighted by atomic mass is 10.2. The van der Waals surface area contributed by atoms with Gasteiger partial charge in [-0.15, -0.1) is 16.9 Å². The van der Waals surface area contributed by atoms with Gasteiger partial charge in [0.1, 0.15) is 5.52 Å². The summed E-state index contributed by atoms with van der Waals surface area (Å²) in [6.07, 6.45) is 0. The number of hydrogen-bond donors (Lipinski definition) is 1. The highest BCUT2D eigenvalue weighted by molar-refractivity contribution is 7.98. The lowest BCUT2D eigenvalue weighted by Gasteiger charge is -2.05. The molecule has 2 rings (SSSR count). The monoisotopic (exact) mass is 251 g/mol. The fourth-order valence-electron chi connectivity index (χ4n) is 1.40. The number of aromatic nitrogens is 3. The Bertz CT molecular complexity index is 526. The first-order chi connectivity index (χ1) is 8.18. The van der Waals surface area contributed by atoms with Gasteiger partial charge in [0, 0.05) is 5.75 Å². The van der Waals surface area contributed by atoms with E-state index in [1.54, 1.807) is 23.4 Å². The average Bonchev–Trinajstić information content (AvgIpc) is 2.72. The number of nitrogens with zero attached hydrogens (tertiary/aromatic N) is 3. The van der Waals surface area contributed by atoms with Crippen LogP contribution in [-0.4, -0.2) is 31.8 Å². The molecule has 1 N–H and O–H groups in total. The number of hydrogen-bond acceptors (Lipinski definition) is 4. The maximum atomic E-state index is 10.7. The normalized spacial score (nSPS) is 12.8. The zero-order valence-electron chi connectivity index (χ0n) is 9.41. The van der Waals surface area contributed by atoms with E-state index < -0.39 is 5.97 Å². The van der Waals surface area contributed by atoms with Crippen molar-refractivity contribution in [3.05, 3.63) is 24.3 Å². The minimum atomic E-state index is -0.763. The molecule has 0 radical (unpaired) electrons. The number of rotatable bonds is 5. The number of thioether (sulfide) groups is 1. The summed E-state index contributed by atoms with van der Waals surface area (Å²) in [5.41, 5.74) is 1.84. The number of para-hydroxylation sites is 1. The van der Waals surface area contributed by atoms with Crippen LogP contribution in [-0.2, 0) is 10.7 Å². The van der Waals surface area contributed by atoms with Crippen LogP contribution in [0.1, 0.15) is 6.92 Å². The van der Waals surface area contributed by atoms with Crippen LogP contribution in [0, 0.1) is 5.92 Å². The van der Waals surface area contributed by atoms with Gasteiger partial charge in [0.2, 0.25) is 0 Å². The molecule has 0 fully saturated rings. The highest BCUT2D eigenvalue weighted by atomic mass is 32.2. The predicted octanol–water partition coefficient (Wildman–Crippen LogP) is 1.84. The van der Waals surface area contributed by atoms with Crippen LogP contribution in [0.5, 0.6) is 0 Å². The van der Waals surface area contributed by atoms with Gasteiger partial charge in [-0.3, -0.25) is 4.79 Å². The molecule has 0 spiro atoms. The van der Waals surface area contributed by atoms with Crippen molar-refractivity contribution in [3.8, 4) is 0 Å². The van der Waals surface area contributed by atoms with E-state index in [-0.39, 0.29) is 5.92 Å². The van der Waals surface area contributed by atoms with Gasteiger partial charge in [-0.1, -0.05) is 24.3 Å². The summed E-state index contributed by atoms with van der Waals surface area (Å²) in [4.78, 5) is 10.7. The summed E-state index contributed by atoms with van der Waals surface area (Å²) in [7, 11) is 0. The van der Waals surface area contributed by atoms with Gasteiger partial charge >= 0.3 is 5.97 Å². The predicted molar refractivity (Wildman–Crippen MR) is 66.8 cm³/mol. The average molecular weight is 251 g/mol. The summed E-state index contributed by atoms with van der Waals surface area (Å²) < 4.78 is 1.79. The first-order valence-electron chi connectivity index (χ1n) is 5.27. The lowest BCUT2D eigenvalue weighted by Crippen LogP contribution is -2.12. The summed E-state index contributed by atoms with van der Waals surface area (Å²) >= 11 is 1.54. The summed E-state index contributed by atoms with van der Waals surface area (Å²) in [5, 5.41) is 16.8. The van der Waals surface area contributed by atoms with Crippen LogP contribution in [0.25, 0.3) is 11.0 Å². The van der Waals surface area contributed by atoms with Crippen LogP contribution in [0.2, 0.25) is 0 Å². The highest BCUT2D eigenvalue weighted by Gasteiger charge is 2.11. The first-order valence-corrected chi connectivity index (χ1v) is 6.42. The van der Waals surface area contributed by atoms with Crippen LogP contribution < -0.4 is 0 Å². The number of carboxylic acid groups (broad SMARTS) is 1. The van der Waals surface area contributed by atoms with E-state index in [1.165, 1.54) is 0 Å². The number of carboxylic acids is 1. The van der Waals surface area contributed by atoms with Crippen LogP contribution in [0.4, 0.5) is 0 Å². The van der Waals surface area contributed by atoms with Crippen molar-refractivity contribution in [1.29, 1.82) is 0 Å². The Balaban J connectivity index is 1.98. The van der Waals surface area contributed by atoms with Crippen molar-refractivity contribution in [1.82, 2.24) is 15.0 Å². The number of fused-ring (bicyclic) bond motifs is 1. The summed E-state index contributed by atoms with van der Waals surface area (Å²) in [6, 6.07) is 7.72.